The number of carbonyl (C=O) groups is 2. The number of unbranched alkanes of at least 4 members (excludes halogenated alkanes) is 27. The molecular weight excluding hydrogens is 789 g/mol. The Hall–Kier alpha value is -2.66. The van der Waals surface area contributed by atoms with Gasteiger partial charge in [0, 0.05) is 19.4 Å². The maximum absolute atomic E-state index is 12.8. The molecule has 370 valence electrons. The second-order valence-electron chi connectivity index (χ2n) is 18.1. The first-order valence-electron chi connectivity index (χ1n) is 27.5. The minimum atomic E-state index is -0.553. The van der Waals surface area contributed by atoms with Crippen molar-refractivity contribution in [3.05, 3.63) is 72.9 Å². The average Bonchev–Trinajstić information content (AvgIpc) is 3.30. The van der Waals surface area contributed by atoms with Crippen molar-refractivity contribution in [2.75, 3.05) is 19.8 Å². The van der Waals surface area contributed by atoms with Gasteiger partial charge in [0.15, 0.2) is 6.10 Å². The molecule has 5 nitrogen and oxygen atoms in total. The Kier molecular flexibility index (Phi) is 52.4. The van der Waals surface area contributed by atoms with E-state index < -0.39 is 6.10 Å². The van der Waals surface area contributed by atoms with Crippen molar-refractivity contribution in [1.82, 2.24) is 0 Å². The van der Waals surface area contributed by atoms with Crippen molar-refractivity contribution in [3.63, 3.8) is 0 Å². The fourth-order valence-electron chi connectivity index (χ4n) is 7.61. The number of ether oxygens (including phenoxy) is 3. The van der Waals surface area contributed by atoms with Gasteiger partial charge in [-0.05, 0) is 109 Å². The minimum Gasteiger partial charge on any atom is -0.462 e. The lowest BCUT2D eigenvalue weighted by Crippen LogP contribution is -2.30. The largest absolute Gasteiger partial charge is 0.462 e. The van der Waals surface area contributed by atoms with Gasteiger partial charge in [-0.2, -0.15) is 0 Å². The lowest BCUT2D eigenvalue weighted by molar-refractivity contribution is -0.163. The summed E-state index contributed by atoms with van der Waals surface area (Å²) < 4.78 is 17.4. The Morgan fingerprint density at radius 1 is 0.359 bits per heavy atom. The smallest absolute Gasteiger partial charge is 0.306 e. The van der Waals surface area contributed by atoms with Crippen LogP contribution in [-0.2, 0) is 23.8 Å². The monoisotopic (exact) mass is 893 g/mol. The van der Waals surface area contributed by atoms with Crippen LogP contribution < -0.4 is 0 Å². The van der Waals surface area contributed by atoms with Gasteiger partial charge in [0.05, 0.1) is 6.61 Å². The van der Waals surface area contributed by atoms with E-state index in [0.717, 1.165) is 89.9 Å². The first-order valence-corrected chi connectivity index (χ1v) is 27.5. The molecule has 0 aromatic carbocycles. The summed E-state index contributed by atoms with van der Waals surface area (Å²) in [4.78, 5) is 25.5. The summed E-state index contributed by atoms with van der Waals surface area (Å²) in [6.45, 7) is 7.67. The van der Waals surface area contributed by atoms with E-state index >= 15 is 0 Å². The fourth-order valence-corrected chi connectivity index (χ4v) is 7.61. The van der Waals surface area contributed by atoms with Crippen LogP contribution in [0.2, 0.25) is 0 Å². The number of hydrogen-bond donors (Lipinski definition) is 0. The van der Waals surface area contributed by atoms with Crippen LogP contribution in [0.25, 0.3) is 0 Å². The van der Waals surface area contributed by atoms with E-state index in [4.69, 9.17) is 14.2 Å². The molecule has 0 saturated heterocycles. The van der Waals surface area contributed by atoms with Gasteiger partial charge in [0.1, 0.15) is 6.61 Å². The van der Waals surface area contributed by atoms with E-state index in [1.165, 1.54) is 141 Å². The summed E-state index contributed by atoms with van der Waals surface area (Å²) in [6.07, 6.45) is 70.5. The highest BCUT2D eigenvalue weighted by Gasteiger charge is 2.17. The summed E-state index contributed by atoms with van der Waals surface area (Å²) in [7, 11) is 0. The standard InChI is InChI=1S/C59H104O5/c1-4-7-10-13-16-19-22-25-28-30-32-34-37-40-43-46-49-52-58(60)63-56-57(55-62-54-51-48-45-42-39-36-33-29-26-23-20-17-14-11-8-5-2)64-59(61)53-50-47-44-41-38-35-31-27-24-21-18-15-12-9-6-3/h7,10,16,18-19,21,25-29,31,57H,4-6,8-9,11-15,17,20,22-24,30,32-56H2,1-3H3/b10-7-,19-16-,21-18-,28-25-,29-26-,31-27-. The SMILES string of the molecule is CC/C=C\C/C=C\C/C=C\CCCCCCCCCC(=O)OCC(COCCCCCCCC/C=C\CCCCCCCC)OC(=O)CCCCCCC/C=C\C/C=C\CCCCC. The van der Waals surface area contributed by atoms with Crippen molar-refractivity contribution in [2.45, 2.75) is 271 Å². The molecule has 0 fully saturated rings. The predicted octanol–water partition coefficient (Wildman–Crippen LogP) is 18.7. The zero-order valence-electron chi connectivity index (χ0n) is 42.5. The maximum Gasteiger partial charge on any atom is 0.306 e. The molecule has 0 amide bonds. The Balaban J connectivity index is 4.31. The van der Waals surface area contributed by atoms with Crippen LogP contribution >= 0.6 is 0 Å². The van der Waals surface area contributed by atoms with E-state index in [-0.39, 0.29) is 25.2 Å². The Morgan fingerprint density at radius 2 is 0.703 bits per heavy atom. The number of allylic oxidation sites excluding steroid dienone is 12. The van der Waals surface area contributed by atoms with Crippen LogP contribution in [0.1, 0.15) is 265 Å². The first-order chi connectivity index (χ1) is 31.6. The first kappa shape index (κ1) is 61.3. The lowest BCUT2D eigenvalue weighted by atomic mass is 10.1. The Bertz CT molecular complexity index is 1150. The highest BCUT2D eigenvalue weighted by atomic mass is 16.6. The van der Waals surface area contributed by atoms with Crippen molar-refractivity contribution in [3.8, 4) is 0 Å². The molecule has 0 saturated carbocycles. The van der Waals surface area contributed by atoms with Crippen molar-refractivity contribution >= 4 is 11.9 Å². The number of esters is 2. The average molecular weight is 893 g/mol. The molecule has 1 atom stereocenters. The molecule has 5 heteroatoms. The molecule has 0 N–H and O–H groups in total. The molecule has 0 aliphatic carbocycles. The number of rotatable bonds is 50. The van der Waals surface area contributed by atoms with Crippen LogP contribution in [0.3, 0.4) is 0 Å². The van der Waals surface area contributed by atoms with E-state index in [9.17, 15) is 9.59 Å². The predicted molar refractivity (Wildman–Crippen MR) is 279 cm³/mol. The van der Waals surface area contributed by atoms with Gasteiger partial charge in [-0.15, -0.1) is 0 Å². The molecule has 0 aliphatic heterocycles. The normalized spacial score (nSPS) is 12.7. The molecule has 0 rings (SSSR count). The van der Waals surface area contributed by atoms with Crippen LogP contribution in [0, 0.1) is 0 Å². The molecule has 0 radical (unpaired) electrons. The fraction of sp³-hybridized carbons (Fsp3) is 0.763. The molecular formula is C59H104O5. The van der Waals surface area contributed by atoms with Crippen LogP contribution in [0.15, 0.2) is 72.9 Å². The van der Waals surface area contributed by atoms with Gasteiger partial charge < -0.3 is 14.2 Å². The van der Waals surface area contributed by atoms with Gasteiger partial charge in [-0.25, -0.2) is 0 Å². The molecule has 0 bridgehead atoms. The van der Waals surface area contributed by atoms with Gasteiger partial charge in [0.2, 0.25) is 0 Å². The van der Waals surface area contributed by atoms with Gasteiger partial charge in [0.25, 0.3) is 0 Å². The van der Waals surface area contributed by atoms with Gasteiger partial charge in [-0.3, -0.25) is 9.59 Å². The second-order valence-corrected chi connectivity index (χ2v) is 18.1. The van der Waals surface area contributed by atoms with Crippen LogP contribution in [0.4, 0.5) is 0 Å². The van der Waals surface area contributed by atoms with Crippen LogP contribution in [0.5, 0.6) is 0 Å². The minimum absolute atomic E-state index is 0.0706. The second kappa shape index (κ2) is 54.7. The summed E-state index contributed by atoms with van der Waals surface area (Å²) in [5.41, 5.74) is 0. The third-order valence-electron chi connectivity index (χ3n) is 11.7. The zero-order chi connectivity index (χ0) is 46.3. The molecule has 1 unspecified atom stereocenters. The highest BCUT2D eigenvalue weighted by Crippen LogP contribution is 2.14. The summed E-state index contributed by atoms with van der Waals surface area (Å²) in [6, 6.07) is 0. The molecule has 0 aromatic heterocycles. The van der Waals surface area contributed by atoms with E-state index in [1.807, 2.05) is 0 Å². The van der Waals surface area contributed by atoms with E-state index in [1.54, 1.807) is 0 Å². The molecule has 0 spiro atoms. The maximum atomic E-state index is 12.8. The quantitative estimate of drug-likeness (QED) is 0.0346. The Labute approximate surface area is 397 Å². The molecule has 0 aromatic rings. The summed E-state index contributed by atoms with van der Waals surface area (Å²) in [5, 5.41) is 0. The molecule has 0 heterocycles. The Morgan fingerprint density at radius 3 is 1.17 bits per heavy atom. The van der Waals surface area contributed by atoms with Crippen molar-refractivity contribution < 1.29 is 23.8 Å². The number of hydrogen-bond acceptors (Lipinski definition) is 5. The molecule has 0 aliphatic rings. The summed E-state index contributed by atoms with van der Waals surface area (Å²) in [5.74, 6) is -0.422. The van der Waals surface area contributed by atoms with Gasteiger partial charge in [-0.1, -0.05) is 216 Å². The van der Waals surface area contributed by atoms with Crippen molar-refractivity contribution in [2.24, 2.45) is 0 Å². The van der Waals surface area contributed by atoms with Crippen LogP contribution in [-0.4, -0.2) is 37.9 Å². The molecule has 64 heavy (non-hydrogen) atoms. The van der Waals surface area contributed by atoms with E-state index in [2.05, 4.69) is 93.7 Å². The zero-order valence-corrected chi connectivity index (χ0v) is 42.5. The number of carbonyl (C=O) groups excluding carboxylic acids is 2. The lowest BCUT2D eigenvalue weighted by Gasteiger charge is -2.18. The van der Waals surface area contributed by atoms with Crippen molar-refractivity contribution in [1.29, 1.82) is 0 Å². The summed E-state index contributed by atoms with van der Waals surface area (Å²) >= 11 is 0. The van der Waals surface area contributed by atoms with Gasteiger partial charge >= 0.3 is 11.9 Å². The highest BCUT2D eigenvalue weighted by molar-refractivity contribution is 5.70. The topological polar surface area (TPSA) is 61.8 Å². The third-order valence-corrected chi connectivity index (χ3v) is 11.7. The van der Waals surface area contributed by atoms with E-state index in [0.29, 0.717) is 19.4 Å². The third kappa shape index (κ3) is 52.0.